The Hall–Kier alpha value is -2.32. The monoisotopic (exact) mass is 324 g/mol. The summed E-state index contributed by atoms with van der Waals surface area (Å²) < 4.78 is 5.69. The number of nitrogens with one attached hydrogen (secondary N) is 1. The van der Waals surface area contributed by atoms with Gasteiger partial charge in [0, 0.05) is 4.88 Å². The fourth-order valence-electron chi connectivity index (χ4n) is 3.32. The van der Waals surface area contributed by atoms with E-state index in [0.717, 1.165) is 36.1 Å². The Labute approximate surface area is 138 Å². The van der Waals surface area contributed by atoms with E-state index in [4.69, 9.17) is 4.74 Å². The molecule has 0 saturated carbocycles. The largest absolute Gasteiger partial charge is 0.492 e. The van der Waals surface area contributed by atoms with Crippen molar-refractivity contribution in [3.05, 3.63) is 45.8 Å². The first-order chi connectivity index (χ1) is 11.3. The zero-order valence-corrected chi connectivity index (χ0v) is 13.4. The SMILES string of the molecule is N#Cc1c(NC(=O)C2COc3ccccc3C2)sc2c1CCC2. The van der Waals surface area contributed by atoms with Crippen molar-refractivity contribution < 1.29 is 9.53 Å². The second kappa shape index (κ2) is 5.71. The minimum atomic E-state index is -0.214. The van der Waals surface area contributed by atoms with Crippen LogP contribution in [0.4, 0.5) is 5.00 Å². The second-order valence-corrected chi connectivity index (χ2v) is 7.09. The maximum Gasteiger partial charge on any atom is 0.231 e. The molecule has 4 rings (SSSR count). The Morgan fingerprint density at radius 2 is 2.22 bits per heavy atom. The van der Waals surface area contributed by atoms with Crippen LogP contribution in [0, 0.1) is 17.2 Å². The van der Waals surface area contributed by atoms with Gasteiger partial charge >= 0.3 is 0 Å². The number of fused-ring (bicyclic) bond motifs is 2. The molecule has 2 aliphatic rings. The van der Waals surface area contributed by atoms with Crippen LogP contribution < -0.4 is 10.1 Å². The second-order valence-electron chi connectivity index (χ2n) is 5.98. The number of ether oxygens (including phenoxy) is 1. The van der Waals surface area contributed by atoms with E-state index >= 15 is 0 Å². The van der Waals surface area contributed by atoms with Crippen molar-refractivity contribution >= 4 is 22.2 Å². The zero-order valence-electron chi connectivity index (χ0n) is 12.6. The molecule has 1 N–H and O–H groups in total. The predicted octanol–water partition coefficient (Wildman–Crippen LogP) is 3.30. The highest BCUT2D eigenvalue weighted by Crippen LogP contribution is 2.39. The first-order valence-corrected chi connectivity index (χ1v) is 8.64. The summed E-state index contributed by atoms with van der Waals surface area (Å²) in [6.07, 6.45) is 3.75. The maximum absolute atomic E-state index is 12.6. The van der Waals surface area contributed by atoms with Crippen LogP contribution in [0.1, 0.15) is 28.0 Å². The summed E-state index contributed by atoms with van der Waals surface area (Å²) in [6.45, 7) is 0.385. The van der Waals surface area contributed by atoms with Crippen molar-refractivity contribution in [3.8, 4) is 11.8 Å². The Bertz CT molecular complexity index is 819. The highest BCUT2D eigenvalue weighted by molar-refractivity contribution is 7.16. The van der Waals surface area contributed by atoms with Crippen molar-refractivity contribution in [2.24, 2.45) is 5.92 Å². The fourth-order valence-corrected chi connectivity index (χ4v) is 4.56. The number of hydrogen-bond acceptors (Lipinski definition) is 4. The molecule has 0 fully saturated rings. The van der Waals surface area contributed by atoms with Crippen molar-refractivity contribution in [1.82, 2.24) is 0 Å². The molecular weight excluding hydrogens is 308 g/mol. The number of nitriles is 1. The molecule has 4 nitrogen and oxygen atoms in total. The van der Waals surface area contributed by atoms with E-state index < -0.39 is 0 Å². The Morgan fingerprint density at radius 1 is 1.35 bits per heavy atom. The summed E-state index contributed by atoms with van der Waals surface area (Å²) in [7, 11) is 0. The highest BCUT2D eigenvalue weighted by atomic mass is 32.1. The van der Waals surface area contributed by atoms with E-state index in [1.54, 1.807) is 11.3 Å². The number of hydrogen-bond donors (Lipinski definition) is 1. The molecule has 0 radical (unpaired) electrons. The van der Waals surface area contributed by atoms with Gasteiger partial charge in [-0.05, 0) is 42.9 Å². The number of amides is 1. The summed E-state index contributed by atoms with van der Waals surface area (Å²) in [5, 5.41) is 13.1. The van der Waals surface area contributed by atoms with Crippen LogP contribution in [0.25, 0.3) is 0 Å². The average molecular weight is 324 g/mol. The molecule has 5 heteroatoms. The molecular formula is C18H16N2O2S. The fraction of sp³-hybridized carbons (Fsp3) is 0.333. The molecule has 1 amide bonds. The zero-order chi connectivity index (χ0) is 15.8. The summed E-state index contributed by atoms with van der Waals surface area (Å²) in [5.74, 6) is 0.591. The van der Waals surface area contributed by atoms with Gasteiger partial charge in [0.2, 0.25) is 5.91 Å². The molecule has 23 heavy (non-hydrogen) atoms. The summed E-state index contributed by atoms with van der Waals surface area (Å²) >= 11 is 1.56. The molecule has 2 heterocycles. The molecule has 1 unspecified atom stereocenters. The van der Waals surface area contributed by atoms with Crippen molar-refractivity contribution in [3.63, 3.8) is 0 Å². The van der Waals surface area contributed by atoms with E-state index in [-0.39, 0.29) is 11.8 Å². The Kier molecular flexibility index (Phi) is 3.55. The third-order valence-electron chi connectivity index (χ3n) is 4.52. The number of aryl methyl sites for hydroxylation is 1. The normalized spacial score (nSPS) is 18.5. The average Bonchev–Trinajstić information content (AvgIpc) is 3.14. The molecule has 1 atom stereocenters. The van der Waals surface area contributed by atoms with Crippen molar-refractivity contribution in [2.75, 3.05) is 11.9 Å². The van der Waals surface area contributed by atoms with Gasteiger partial charge in [-0.3, -0.25) is 4.79 Å². The van der Waals surface area contributed by atoms with Gasteiger partial charge in [0.25, 0.3) is 0 Å². The quantitative estimate of drug-likeness (QED) is 0.922. The minimum absolute atomic E-state index is 0.0593. The van der Waals surface area contributed by atoms with E-state index in [9.17, 15) is 10.1 Å². The van der Waals surface area contributed by atoms with Gasteiger partial charge in [-0.2, -0.15) is 5.26 Å². The van der Waals surface area contributed by atoms with E-state index in [1.165, 1.54) is 4.88 Å². The number of carbonyl (C=O) groups excluding carboxylic acids is 1. The molecule has 1 aromatic heterocycles. The van der Waals surface area contributed by atoms with Gasteiger partial charge in [0.05, 0.1) is 11.5 Å². The first-order valence-electron chi connectivity index (χ1n) is 7.82. The van der Waals surface area contributed by atoms with Gasteiger partial charge in [0.1, 0.15) is 23.4 Å². The number of thiophene rings is 1. The predicted molar refractivity (Wildman–Crippen MR) is 88.8 cm³/mol. The molecule has 1 aliphatic heterocycles. The first kappa shape index (κ1) is 14.3. The Balaban J connectivity index is 1.53. The molecule has 0 spiro atoms. The van der Waals surface area contributed by atoms with Crippen LogP contribution in [-0.2, 0) is 24.1 Å². The summed E-state index contributed by atoms with van der Waals surface area (Å²) in [4.78, 5) is 13.8. The van der Waals surface area contributed by atoms with Gasteiger partial charge in [-0.25, -0.2) is 0 Å². The third kappa shape index (κ3) is 2.49. The van der Waals surface area contributed by atoms with Gasteiger partial charge < -0.3 is 10.1 Å². The number of benzene rings is 1. The van der Waals surface area contributed by atoms with Gasteiger partial charge in [0.15, 0.2) is 0 Å². The smallest absolute Gasteiger partial charge is 0.231 e. The van der Waals surface area contributed by atoms with Gasteiger partial charge in [-0.15, -0.1) is 11.3 Å². The molecule has 0 saturated heterocycles. The number of para-hydroxylation sites is 1. The van der Waals surface area contributed by atoms with Crippen molar-refractivity contribution in [1.29, 1.82) is 5.26 Å². The number of anilines is 1. The lowest BCUT2D eigenvalue weighted by Crippen LogP contribution is -2.32. The molecule has 1 aliphatic carbocycles. The lowest BCUT2D eigenvalue weighted by atomic mass is 9.96. The molecule has 116 valence electrons. The topological polar surface area (TPSA) is 62.1 Å². The minimum Gasteiger partial charge on any atom is -0.492 e. The van der Waals surface area contributed by atoms with Crippen molar-refractivity contribution in [2.45, 2.75) is 25.7 Å². The number of carbonyl (C=O) groups is 1. The lowest BCUT2D eigenvalue weighted by molar-refractivity contribution is -0.121. The Morgan fingerprint density at radius 3 is 3.09 bits per heavy atom. The van der Waals surface area contributed by atoms with Crippen LogP contribution in [0.2, 0.25) is 0 Å². The van der Waals surface area contributed by atoms with Crippen LogP contribution in [-0.4, -0.2) is 12.5 Å². The summed E-state index contributed by atoms with van der Waals surface area (Å²) in [6, 6.07) is 10.1. The lowest BCUT2D eigenvalue weighted by Gasteiger charge is -2.24. The molecule has 1 aromatic carbocycles. The van der Waals surface area contributed by atoms with Crippen LogP contribution >= 0.6 is 11.3 Å². The van der Waals surface area contributed by atoms with E-state index in [0.29, 0.717) is 23.6 Å². The number of rotatable bonds is 2. The van der Waals surface area contributed by atoms with Crippen LogP contribution in [0.3, 0.4) is 0 Å². The van der Waals surface area contributed by atoms with Crippen LogP contribution in [0.15, 0.2) is 24.3 Å². The highest BCUT2D eigenvalue weighted by Gasteiger charge is 2.28. The number of nitrogens with zero attached hydrogens (tertiary/aromatic N) is 1. The van der Waals surface area contributed by atoms with E-state index in [2.05, 4.69) is 11.4 Å². The molecule has 0 bridgehead atoms. The maximum atomic E-state index is 12.6. The molecule has 2 aromatic rings. The standard InChI is InChI=1S/C18H16N2O2S/c19-9-14-13-5-3-7-16(13)23-18(14)20-17(21)12-8-11-4-1-2-6-15(11)22-10-12/h1-2,4,6,12H,3,5,7-8,10H2,(H,20,21). The van der Waals surface area contributed by atoms with E-state index in [1.807, 2.05) is 24.3 Å². The summed E-state index contributed by atoms with van der Waals surface area (Å²) in [5.41, 5.74) is 2.86. The third-order valence-corrected chi connectivity index (χ3v) is 5.73. The van der Waals surface area contributed by atoms with Crippen LogP contribution in [0.5, 0.6) is 5.75 Å². The van der Waals surface area contributed by atoms with Gasteiger partial charge in [-0.1, -0.05) is 18.2 Å².